The number of benzene rings is 1. The summed E-state index contributed by atoms with van der Waals surface area (Å²) < 4.78 is 5.57. The van der Waals surface area contributed by atoms with Crippen molar-refractivity contribution in [2.45, 2.75) is 13.2 Å². The highest BCUT2D eigenvalue weighted by Gasteiger charge is 2.00. The zero-order valence-electron chi connectivity index (χ0n) is 8.72. The SMILES string of the molecule is NNc1ncc(COCc2ccccc2)s1. The predicted octanol–water partition coefficient (Wildman–Crippen LogP) is 2.15. The lowest BCUT2D eigenvalue weighted by Gasteiger charge is -2.01. The standard InChI is InChI=1S/C11H13N3OS/c12-14-11-13-6-10(16-11)8-15-7-9-4-2-1-3-5-9/h1-6H,7-8,12H2,(H,13,14). The van der Waals surface area contributed by atoms with Gasteiger partial charge in [0.2, 0.25) is 0 Å². The summed E-state index contributed by atoms with van der Waals surface area (Å²) in [4.78, 5) is 5.12. The quantitative estimate of drug-likeness (QED) is 0.616. The van der Waals surface area contributed by atoms with Gasteiger partial charge in [-0.15, -0.1) is 0 Å². The number of thiazole rings is 1. The van der Waals surface area contributed by atoms with E-state index < -0.39 is 0 Å². The molecule has 0 aliphatic carbocycles. The molecule has 16 heavy (non-hydrogen) atoms. The molecule has 84 valence electrons. The molecule has 1 heterocycles. The largest absolute Gasteiger partial charge is 0.371 e. The van der Waals surface area contributed by atoms with Crippen LogP contribution in [0, 0.1) is 0 Å². The maximum atomic E-state index is 5.57. The summed E-state index contributed by atoms with van der Waals surface area (Å²) in [5.74, 6) is 5.24. The second-order valence-corrected chi connectivity index (χ2v) is 4.37. The second kappa shape index (κ2) is 5.60. The molecule has 0 aliphatic heterocycles. The van der Waals surface area contributed by atoms with Gasteiger partial charge in [0, 0.05) is 6.20 Å². The minimum Gasteiger partial charge on any atom is -0.371 e. The third-order valence-electron chi connectivity index (χ3n) is 2.03. The van der Waals surface area contributed by atoms with Gasteiger partial charge in [-0.2, -0.15) is 0 Å². The fraction of sp³-hybridized carbons (Fsp3) is 0.182. The molecule has 2 aromatic rings. The van der Waals surface area contributed by atoms with Crippen molar-refractivity contribution >= 4 is 16.5 Å². The normalized spacial score (nSPS) is 10.3. The number of ether oxygens (including phenoxy) is 1. The smallest absolute Gasteiger partial charge is 0.197 e. The van der Waals surface area contributed by atoms with E-state index in [4.69, 9.17) is 10.6 Å². The van der Waals surface area contributed by atoms with E-state index in [0.717, 1.165) is 4.88 Å². The molecule has 2 rings (SSSR count). The molecule has 4 nitrogen and oxygen atoms in total. The zero-order valence-corrected chi connectivity index (χ0v) is 9.54. The van der Waals surface area contributed by atoms with Crippen LogP contribution < -0.4 is 11.3 Å². The first-order chi connectivity index (χ1) is 7.88. The number of hydrazine groups is 1. The fourth-order valence-corrected chi connectivity index (χ4v) is 1.95. The van der Waals surface area contributed by atoms with Crippen molar-refractivity contribution in [2.75, 3.05) is 5.43 Å². The molecule has 1 aromatic heterocycles. The van der Waals surface area contributed by atoms with Crippen molar-refractivity contribution in [3.63, 3.8) is 0 Å². The van der Waals surface area contributed by atoms with Crippen LogP contribution in [0.2, 0.25) is 0 Å². The minimum absolute atomic E-state index is 0.564. The first-order valence-corrected chi connectivity index (χ1v) is 5.73. The molecule has 0 amide bonds. The summed E-state index contributed by atoms with van der Waals surface area (Å²) in [6, 6.07) is 10.1. The second-order valence-electron chi connectivity index (χ2n) is 3.25. The summed E-state index contributed by atoms with van der Waals surface area (Å²) in [5, 5.41) is 0.707. The molecule has 0 spiro atoms. The van der Waals surface area contributed by atoms with Crippen LogP contribution in [0.1, 0.15) is 10.4 Å². The van der Waals surface area contributed by atoms with Crippen LogP contribution in [0.5, 0.6) is 0 Å². The average Bonchev–Trinajstić information content (AvgIpc) is 2.78. The molecule has 1 aromatic carbocycles. The Hall–Kier alpha value is -1.43. The number of rotatable bonds is 5. The predicted molar refractivity (Wildman–Crippen MR) is 64.9 cm³/mol. The van der Waals surface area contributed by atoms with Gasteiger partial charge in [0.15, 0.2) is 5.13 Å². The Morgan fingerprint density at radius 2 is 2.06 bits per heavy atom. The summed E-state index contributed by atoms with van der Waals surface area (Å²) in [6.45, 7) is 1.18. The van der Waals surface area contributed by atoms with E-state index in [2.05, 4.69) is 10.4 Å². The number of hydrogen-bond donors (Lipinski definition) is 2. The Kier molecular flexibility index (Phi) is 3.87. The molecule has 0 saturated carbocycles. The Morgan fingerprint density at radius 1 is 1.25 bits per heavy atom. The van der Waals surface area contributed by atoms with Crippen LogP contribution in [-0.4, -0.2) is 4.98 Å². The van der Waals surface area contributed by atoms with Crippen molar-refractivity contribution < 1.29 is 4.74 Å². The van der Waals surface area contributed by atoms with Crippen molar-refractivity contribution in [1.29, 1.82) is 0 Å². The molecular weight excluding hydrogens is 222 g/mol. The number of anilines is 1. The molecule has 0 unspecified atom stereocenters. The lowest BCUT2D eigenvalue weighted by atomic mass is 10.2. The molecule has 5 heteroatoms. The van der Waals surface area contributed by atoms with Gasteiger partial charge in [-0.3, -0.25) is 5.43 Å². The van der Waals surface area contributed by atoms with Gasteiger partial charge < -0.3 is 4.74 Å². The van der Waals surface area contributed by atoms with Gasteiger partial charge in [0.05, 0.1) is 18.1 Å². The summed E-state index contributed by atoms with van der Waals surface area (Å²) in [5.41, 5.74) is 3.68. The Morgan fingerprint density at radius 3 is 2.75 bits per heavy atom. The molecule has 0 bridgehead atoms. The van der Waals surface area contributed by atoms with Crippen molar-refractivity contribution in [3.8, 4) is 0 Å². The first kappa shape index (κ1) is 11.1. The maximum Gasteiger partial charge on any atom is 0.197 e. The average molecular weight is 235 g/mol. The van der Waals surface area contributed by atoms with E-state index in [1.54, 1.807) is 6.20 Å². The molecule has 0 fully saturated rings. The summed E-state index contributed by atoms with van der Waals surface area (Å²) >= 11 is 1.50. The van der Waals surface area contributed by atoms with Crippen molar-refractivity contribution in [1.82, 2.24) is 4.98 Å². The van der Waals surface area contributed by atoms with Gasteiger partial charge in [-0.1, -0.05) is 41.7 Å². The summed E-state index contributed by atoms with van der Waals surface area (Å²) in [6.07, 6.45) is 1.77. The van der Waals surface area contributed by atoms with E-state index in [-0.39, 0.29) is 0 Å². The van der Waals surface area contributed by atoms with E-state index in [0.29, 0.717) is 18.3 Å². The number of nitrogens with zero attached hydrogens (tertiary/aromatic N) is 1. The Labute approximate surface area is 98.1 Å². The van der Waals surface area contributed by atoms with E-state index in [1.165, 1.54) is 16.9 Å². The molecule has 0 saturated heterocycles. The van der Waals surface area contributed by atoms with Crippen LogP contribution in [0.15, 0.2) is 36.5 Å². The lowest BCUT2D eigenvalue weighted by Crippen LogP contribution is -2.05. The van der Waals surface area contributed by atoms with Gasteiger partial charge in [0.1, 0.15) is 0 Å². The molecule has 3 N–H and O–H groups in total. The van der Waals surface area contributed by atoms with E-state index in [1.807, 2.05) is 30.3 Å². The Bertz CT molecular complexity index is 430. The van der Waals surface area contributed by atoms with Gasteiger partial charge in [-0.25, -0.2) is 10.8 Å². The van der Waals surface area contributed by atoms with Crippen molar-refractivity contribution in [2.24, 2.45) is 5.84 Å². The summed E-state index contributed by atoms with van der Waals surface area (Å²) in [7, 11) is 0. The molecular formula is C11H13N3OS. The van der Waals surface area contributed by atoms with Crippen LogP contribution >= 0.6 is 11.3 Å². The van der Waals surface area contributed by atoms with Crippen molar-refractivity contribution in [3.05, 3.63) is 47.0 Å². The maximum absolute atomic E-state index is 5.57. The van der Waals surface area contributed by atoms with Crippen LogP contribution in [0.25, 0.3) is 0 Å². The third-order valence-corrected chi connectivity index (χ3v) is 2.93. The number of nitrogen functional groups attached to an aromatic ring is 1. The lowest BCUT2D eigenvalue weighted by molar-refractivity contribution is 0.109. The van der Waals surface area contributed by atoms with Crippen LogP contribution in [0.3, 0.4) is 0 Å². The fourth-order valence-electron chi connectivity index (χ4n) is 1.28. The topological polar surface area (TPSA) is 60.2 Å². The number of hydrogen-bond acceptors (Lipinski definition) is 5. The Balaban J connectivity index is 1.80. The van der Waals surface area contributed by atoms with E-state index in [9.17, 15) is 0 Å². The van der Waals surface area contributed by atoms with Gasteiger partial charge in [-0.05, 0) is 5.56 Å². The number of nitrogens with one attached hydrogen (secondary N) is 1. The zero-order chi connectivity index (χ0) is 11.2. The highest BCUT2D eigenvalue weighted by atomic mass is 32.1. The van der Waals surface area contributed by atoms with Crippen LogP contribution in [0.4, 0.5) is 5.13 Å². The first-order valence-electron chi connectivity index (χ1n) is 4.91. The highest BCUT2D eigenvalue weighted by Crippen LogP contribution is 2.17. The molecule has 0 radical (unpaired) electrons. The number of aromatic nitrogens is 1. The van der Waals surface area contributed by atoms with Gasteiger partial charge >= 0.3 is 0 Å². The van der Waals surface area contributed by atoms with E-state index >= 15 is 0 Å². The van der Waals surface area contributed by atoms with Crippen LogP contribution in [-0.2, 0) is 18.0 Å². The highest BCUT2D eigenvalue weighted by molar-refractivity contribution is 7.15. The minimum atomic E-state index is 0.564. The molecule has 0 aliphatic rings. The number of nitrogens with two attached hydrogens (primary N) is 1. The molecule has 0 atom stereocenters. The van der Waals surface area contributed by atoms with Gasteiger partial charge in [0.25, 0.3) is 0 Å². The third kappa shape index (κ3) is 3.03. The monoisotopic (exact) mass is 235 g/mol.